The Kier molecular flexibility index (Phi) is 5.03. The fourth-order valence-electron chi connectivity index (χ4n) is 1.83. The third kappa shape index (κ3) is 4.13. The molecule has 2 rings (SSSR count). The first kappa shape index (κ1) is 13.7. The van der Waals surface area contributed by atoms with E-state index in [4.69, 9.17) is 9.47 Å². The predicted octanol–water partition coefficient (Wildman–Crippen LogP) is 0.800. The summed E-state index contributed by atoms with van der Waals surface area (Å²) >= 11 is 0. The van der Waals surface area contributed by atoms with Gasteiger partial charge in [0, 0.05) is 25.6 Å². The number of ether oxygens (including phenoxy) is 2. The molecule has 104 valence electrons. The minimum absolute atomic E-state index is 0.0294. The molecule has 0 saturated carbocycles. The maximum atomic E-state index is 11.6. The van der Waals surface area contributed by atoms with Gasteiger partial charge in [0.1, 0.15) is 0 Å². The minimum Gasteiger partial charge on any atom is -0.493 e. The van der Waals surface area contributed by atoms with Gasteiger partial charge in [0.05, 0.1) is 20.1 Å². The second kappa shape index (κ2) is 6.99. The molecule has 0 radical (unpaired) electrons. The Bertz CT molecular complexity index is 419. The van der Waals surface area contributed by atoms with Crippen molar-refractivity contribution >= 4 is 5.91 Å². The van der Waals surface area contributed by atoms with Gasteiger partial charge in [0.25, 0.3) is 0 Å². The summed E-state index contributed by atoms with van der Waals surface area (Å²) in [4.78, 5) is 11.6. The number of amides is 1. The molecule has 1 aliphatic heterocycles. The molecule has 1 heterocycles. The Balaban J connectivity index is 1.66. The van der Waals surface area contributed by atoms with E-state index in [1.165, 1.54) is 0 Å². The normalized spacial score (nSPS) is 14.6. The smallest absolute Gasteiger partial charge is 0.223 e. The molecule has 5 heteroatoms. The lowest BCUT2D eigenvalue weighted by atomic mass is 10.0. The summed E-state index contributed by atoms with van der Waals surface area (Å²) < 4.78 is 10.7. The number of carbonyl (C=O) groups is 1. The maximum Gasteiger partial charge on any atom is 0.223 e. The van der Waals surface area contributed by atoms with Crippen molar-refractivity contribution in [2.45, 2.75) is 6.42 Å². The summed E-state index contributed by atoms with van der Waals surface area (Å²) in [7, 11) is 1.60. The first-order chi connectivity index (χ1) is 9.29. The molecule has 0 spiro atoms. The second-order valence-electron chi connectivity index (χ2n) is 4.58. The second-order valence-corrected chi connectivity index (χ2v) is 4.58. The molecule has 1 saturated heterocycles. The van der Waals surface area contributed by atoms with Crippen LogP contribution in [0.15, 0.2) is 24.3 Å². The third-order valence-electron chi connectivity index (χ3n) is 3.11. The Hall–Kier alpha value is -1.75. The van der Waals surface area contributed by atoms with E-state index < -0.39 is 0 Å². The van der Waals surface area contributed by atoms with E-state index >= 15 is 0 Å². The van der Waals surface area contributed by atoms with Crippen LogP contribution in [0.2, 0.25) is 0 Å². The molecule has 1 aromatic rings. The molecule has 1 aromatic carbocycles. The number of methoxy groups -OCH3 is 1. The van der Waals surface area contributed by atoms with Gasteiger partial charge in [0.2, 0.25) is 5.91 Å². The van der Waals surface area contributed by atoms with Crippen LogP contribution in [-0.4, -0.2) is 39.3 Å². The topological polar surface area (TPSA) is 59.6 Å². The molecule has 1 aliphatic rings. The Labute approximate surface area is 113 Å². The third-order valence-corrected chi connectivity index (χ3v) is 3.11. The average molecular weight is 264 g/mol. The summed E-state index contributed by atoms with van der Waals surface area (Å²) in [6, 6.07) is 7.42. The molecule has 1 amide bonds. The lowest BCUT2D eigenvalue weighted by Crippen LogP contribution is -2.48. The van der Waals surface area contributed by atoms with Crippen LogP contribution in [0.25, 0.3) is 0 Å². The van der Waals surface area contributed by atoms with E-state index in [9.17, 15) is 4.79 Å². The monoisotopic (exact) mass is 264 g/mol. The highest BCUT2D eigenvalue weighted by Gasteiger charge is 2.16. The zero-order valence-electron chi connectivity index (χ0n) is 11.1. The van der Waals surface area contributed by atoms with Gasteiger partial charge in [-0.3, -0.25) is 4.79 Å². The molecule has 0 bridgehead atoms. The van der Waals surface area contributed by atoms with Gasteiger partial charge in [0.15, 0.2) is 11.5 Å². The molecule has 0 aliphatic carbocycles. The summed E-state index contributed by atoms with van der Waals surface area (Å²) in [6.45, 7) is 3.10. The molecular weight excluding hydrogens is 244 g/mol. The Morgan fingerprint density at radius 2 is 2.11 bits per heavy atom. The first-order valence-corrected chi connectivity index (χ1v) is 6.53. The number of rotatable bonds is 7. The van der Waals surface area contributed by atoms with Crippen molar-refractivity contribution in [1.82, 2.24) is 10.6 Å². The van der Waals surface area contributed by atoms with Crippen molar-refractivity contribution in [2.75, 3.05) is 33.4 Å². The van der Waals surface area contributed by atoms with Crippen LogP contribution in [0.4, 0.5) is 0 Å². The highest BCUT2D eigenvalue weighted by Crippen LogP contribution is 2.25. The highest BCUT2D eigenvalue weighted by atomic mass is 16.5. The average Bonchev–Trinajstić information content (AvgIpc) is 2.37. The summed E-state index contributed by atoms with van der Waals surface area (Å²) in [5.41, 5.74) is 0. The van der Waals surface area contributed by atoms with Crippen molar-refractivity contribution in [1.29, 1.82) is 0 Å². The molecular formula is C14H20N2O3. The maximum absolute atomic E-state index is 11.6. The van der Waals surface area contributed by atoms with Crippen LogP contribution >= 0.6 is 0 Å². The number of benzene rings is 1. The zero-order valence-corrected chi connectivity index (χ0v) is 11.1. The number of carbonyl (C=O) groups excluding carboxylic acids is 1. The molecule has 1 fully saturated rings. The van der Waals surface area contributed by atoms with Crippen molar-refractivity contribution in [3.8, 4) is 11.5 Å². The number of hydrogen-bond acceptors (Lipinski definition) is 4. The summed E-state index contributed by atoms with van der Waals surface area (Å²) in [5.74, 6) is 1.96. The van der Waals surface area contributed by atoms with E-state index in [0.29, 0.717) is 30.4 Å². The van der Waals surface area contributed by atoms with Gasteiger partial charge in [-0.2, -0.15) is 0 Å². The summed E-state index contributed by atoms with van der Waals surface area (Å²) in [6.07, 6.45) is 0.359. The lowest BCUT2D eigenvalue weighted by Gasteiger charge is -2.27. The van der Waals surface area contributed by atoms with E-state index in [1.54, 1.807) is 7.11 Å². The van der Waals surface area contributed by atoms with Gasteiger partial charge < -0.3 is 20.1 Å². The molecule has 0 unspecified atom stereocenters. The molecule has 0 aromatic heterocycles. The molecule has 5 nitrogen and oxygen atoms in total. The lowest BCUT2D eigenvalue weighted by molar-refractivity contribution is -0.121. The zero-order chi connectivity index (χ0) is 13.5. The SMILES string of the molecule is COc1ccccc1OCCC(=O)NCC1CNC1. The number of para-hydroxylation sites is 2. The Morgan fingerprint density at radius 1 is 1.37 bits per heavy atom. The van der Waals surface area contributed by atoms with E-state index in [1.807, 2.05) is 24.3 Å². The van der Waals surface area contributed by atoms with Gasteiger partial charge in [-0.05, 0) is 12.1 Å². The van der Waals surface area contributed by atoms with E-state index in [0.717, 1.165) is 19.6 Å². The molecule has 0 atom stereocenters. The standard InChI is InChI=1S/C14H20N2O3/c1-18-12-4-2-3-5-13(12)19-7-6-14(17)16-10-11-8-15-9-11/h2-5,11,15H,6-10H2,1H3,(H,16,17). The predicted molar refractivity (Wildman–Crippen MR) is 72.5 cm³/mol. The quantitative estimate of drug-likeness (QED) is 0.765. The van der Waals surface area contributed by atoms with Crippen molar-refractivity contribution < 1.29 is 14.3 Å². The van der Waals surface area contributed by atoms with Gasteiger partial charge >= 0.3 is 0 Å². The van der Waals surface area contributed by atoms with Crippen LogP contribution in [0.5, 0.6) is 11.5 Å². The van der Waals surface area contributed by atoms with Crippen LogP contribution in [-0.2, 0) is 4.79 Å². The van der Waals surface area contributed by atoms with Gasteiger partial charge in [-0.15, -0.1) is 0 Å². The van der Waals surface area contributed by atoms with Crippen LogP contribution in [0.1, 0.15) is 6.42 Å². The molecule has 2 N–H and O–H groups in total. The fourth-order valence-corrected chi connectivity index (χ4v) is 1.83. The van der Waals surface area contributed by atoms with Crippen LogP contribution < -0.4 is 20.1 Å². The van der Waals surface area contributed by atoms with Gasteiger partial charge in [-0.1, -0.05) is 12.1 Å². The van der Waals surface area contributed by atoms with Gasteiger partial charge in [-0.25, -0.2) is 0 Å². The first-order valence-electron chi connectivity index (χ1n) is 6.53. The largest absolute Gasteiger partial charge is 0.493 e. The fraction of sp³-hybridized carbons (Fsp3) is 0.500. The Morgan fingerprint density at radius 3 is 2.74 bits per heavy atom. The van der Waals surface area contributed by atoms with Crippen molar-refractivity contribution in [3.05, 3.63) is 24.3 Å². The number of nitrogens with one attached hydrogen (secondary N) is 2. The van der Waals surface area contributed by atoms with E-state index in [-0.39, 0.29) is 5.91 Å². The minimum atomic E-state index is 0.0294. The van der Waals surface area contributed by atoms with Crippen molar-refractivity contribution in [3.63, 3.8) is 0 Å². The molecule has 19 heavy (non-hydrogen) atoms. The van der Waals surface area contributed by atoms with Crippen LogP contribution in [0.3, 0.4) is 0 Å². The highest BCUT2D eigenvalue weighted by molar-refractivity contribution is 5.76. The van der Waals surface area contributed by atoms with E-state index in [2.05, 4.69) is 10.6 Å². The number of hydrogen-bond donors (Lipinski definition) is 2. The van der Waals surface area contributed by atoms with Crippen molar-refractivity contribution in [2.24, 2.45) is 5.92 Å². The van der Waals surface area contributed by atoms with Crippen LogP contribution in [0, 0.1) is 5.92 Å². The summed E-state index contributed by atoms with van der Waals surface area (Å²) in [5, 5.41) is 6.08.